The third-order valence-corrected chi connectivity index (χ3v) is 2.03. The first-order valence-electron chi connectivity index (χ1n) is 4.97. The lowest BCUT2D eigenvalue weighted by Gasteiger charge is -2.07. The van der Waals surface area contributed by atoms with E-state index in [1.165, 1.54) is 25.3 Å². The number of hydrogen-bond acceptors (Lipinski definition) is 3. The summed E-state index contributed by atoms with van der Waals surface area (Å²) >= 11 is 0. The van der Waals surface area contributed by atoms with E-state index in [1.54, 1.807) is 13.0 Å². The molecule has 1 rings (SSSR count). The van der Waals surface area contributed by atoms with Gasteiger partial charge in [-0.3, -0.25) is 0 Å². The molecule has 0 unspecified atom stereocenters. The number of esters is 1. The van der Waals surface area contributed by atoms with Crippen molar-refractivity contribution in [3.05, 3.63) is 35.9 Å². The fourth-order valence-corrected chi connectivity index (χ4v) is 1.29. The molecule has 0 heterocycles. The van der Waals surface area contributed by atoms with Crippen molar-refractivity contribution in [2.45, 2.75) is 6.92 Å². The Bertz CT molecular complexity index is 437. The molecule has 0 atom stereocenters. The second-order valence-corrected chi connectivity index (χ2v) is 3.09. The average Bonchev–Trinajstić information content (AvgIpc) is 2.29. The molecule has 0 saturated carbocycles. The SMILES string of the molecule is CCOC(=O)C(=C(F)F)c1cccc(OC)c1. The van der Waals surface area contributed by atoms with Gasteiger partial charge in [-0.25, -0.2) is 4.79 Å². The number of carbonyl (C=O) groups excluding carboxylic acids is 1. The molecule has 0 aromatic heterocycles. The number of halogens is 2. The Labute approximate surface area is 97.7 Å². The highest BCUT2D eigenvalue weighted by atomic mass is 19.3. The topological polar surface area (TPSA) is 35.5 Å². The van der Waals surface area contributed by atoms with E-state index in [4.69, 9.17) is 4.74 Å². The van der Waals surface area contributed by atoms with Crippen LogP contribution in [0.2, 0.25) is 0 Å². The van der Waals surface area contributed by atoms with Gasteiger partial charge in [0.05, 0.1) is 13.7 Å². The molecule has 0 radical (unpaired) electrons. The van der Waals surface area contributed by atoms with Crippen LogP contribution in [0.5, 0.6) is 5.75 Å². The molecular formula is C12H12F2O3. The van der Waals surface area contributed by atoms with Gasteiger partial charge >= 0.3 is 5.97 Å². The number of hydrogen-bond donors (Lipinski definition) is 0. The minimum absolute atomic E-state index is 0.0413. The second kappa shape index (κ2) is 5.98. The van der Waals surface area contributed by atoms with Crippen LogP contribution in [0, 0.1) is 0 Å². The standard InChI is InChI=1S/C12H12F2O3/c1-3-17-12(15)10(11(13)14)8-5-4-6-9(7-8)16-2/h4-7H,3H2,1-2H3. The van der Waals surface area contributed by atoms with E-state index >= 15 is 0 Å². The van der Waals surface area contributed by atoms with Gasteiger partial charge < -0.3 is 9.47 Å². The minimum atomic E-state index is -2.07. The van der Waals surface area contributed by atoms with Crippen LogP contribution in [0.1, 0.15) is 12.5 Å². The summed E-state index contributed by atoms with van der Waals surface area (Å²) in [5.41, 5.74) is -0.659. The quantitative estimate of drug-likeness (QED) is 0.601. The lowest BCUT2D eigenvalue weighted by atomic mass is 10.1. The van der Waals surface area contributed by atoms with E-state index in [0.717, 1.165) is 0 Å². The zero-order valence-electron chi connectivity index (χ0n) is 9.50. The number of rotatable bonds is 4. The Balaban J connectivity index is 3.16. The first kappa shape index (κ1) is 13.2. The maximum atomic E-state index is 12.7. The molecule has 0 fully saturated rings. The van der Waals surface area contributed by atoms with Crippen LogP contribution in [0.3, 0.4) is 0 Å². The van der Waals surface area contributed by atoms with Gasteiger partial charge in [-0.05, 0) is 24.6 Å². The van der Waals surface area contributed by atoms with Gasteiger partial charge in [0.2, 0.25) is 0 Å². The number of benzene rings is 1. The molecule has 3 nitrogen and oxygen atoms in total. The third kappa shape index (κ3) is 3.27. The van der Waals surface area contributed by atoms with Gasteiger partial charge in [0.15, 0.2) is 0 Å². The summed E-state index contributed by atoms with van der Waals surface area (Å²) < 4.78 is 34.9. The highest BCUT2D eigenvalue weighted by Gasteiger charge is 2.20. The third-order valence-electron chi connectivity index (χ3n) is 2.03. The van der Waals surface area contributed by atoms with Crippen LogP contribution in [0.4, 0.5) is 8.78 Å². The van der Waals surface area contributed by atoms with E-state index < -0.39 is 17.6 Å². The Hall–Kier alpha value is -1.91. The Morgan fingerprint density at radius 2 is 2.06 bits per heavy atom. The summed E-state index contributed by atoms with van der Waals surface area (Å²) in [4.78, 5) is 11.4. The van der Waals surface area contributed by atoms with Crippen LogP contribution >= 0.6 is 0 Å². The first-order valence-corrected chi connectivity index (χ1v) is 4.97. The Morgan fingerprint density at radius 3 is 2.59 bits per heavy atom. The normalized spacial score (nSPS) is 9.65. The van der Waals surface area contributed by atoms with Gasteiger partial charge in [-0.15, -0.1) is 0 Å². The fourth-order valence-electron chi connectivity index (χ4n) is 1.29. The van der Waals surface area contributed by atoms with Crippen LogP contribution < -0.4 is 4.74 Å². The lowest BCUT2D eigenvalue weighted by Crippen LogP contribution is -2.07. The summed E-state index contributed by atoms with van der Waals surface area (Å²) in [6, 6.07) is 5.87. The van der Waals surface area contributed by atoms with E-state index in [-0.39, 0.29) is 12.2 Å². The van der Waals surface area contributed by atoms with Crippen molar-refractivity contribution in [1.29, 1.82) is 0 Å². The van der Waals surface area contributed by atoms with Crippen LogP contribution in [0.25, 0.3) is 5.57 Å². The second-order valence-electron chi connectivity index (χ2n) is 3.09. The molecule has 0 amide bonds. The Kier molecular flexibility index (Phi) is 4.63. The van der Waals surface area contributed by atoms with E-state index in [9.17, 15) is 13.6 Å². The zero-order chi connectivity index (χ0) is 12.8. The van der Waals surface area contributed by atoms with Crippen LogP contribution in [0.15, 0.2) is 30.3 Å². The van der Waals surface area contributed by atoms with E-state index in [0.29, 0.717) is 5.75 Å². The van der Waals surface area contributed by atoms with E-state index in [2.05, 4.69) is 4.74 Å². The van der Waals surface area contributed by atoms with Crippen molar-refractivity contribution in [2.24, 2.45) is 0 Å². The van der Waals surface area contributed by atoms with Crippen molar-refractivity contribution in [3.8, 4) is 5.75 Å². The predicted molar refractivity (Wildman–Crippen MR) is 58.8 cm³/mol. The van der Waals surface area contributed by atoms with Crippen LogP contribution in [-0.2, 0) is 9.53 Å². The largest absolute Gasteiger partial charge is 0.497 e. The number of ether oxygens (including phenoxy) is 2. The number of carbonyl (C=O) groups is 1. The molecule has 17 heavy (non-hydrogen) atoms. The zero-order valence-corrected chi connectivity index (χ0v) is 9.50. The molecule has 0 aliphatic carbocycles. The van der Waals surface area contributed by atoms with Crippen LogP contribution in [-0.4, -0.2) is 19.7 Å². The molecule has 0 aliphatic heterocycles. The molecule has 0 bridgehead atoms. The molecule has 1 aromatic carbocycles. The maximum Gasteiger partial charge on any atom is 0.344 e. The smallest absolute Gasteiger partial charge is 0.344 e. The summed E-state index contributed by atoms with van der Waals surface area (Å²) in [5, 5.41) is 0. The highest BCUT2D eigenvalue weighted by Crippen LogP contribution is 2.25. The molecule has 5 heteroatoms. The first-order chi connectivity index (χ1) is 8.10. The lowest BCUT2D eigenvalue weighted by molar-refractivity contribution is -0.136. The summed E-state index contributed by atoms with van der Waals surface area (Å²) in [6.07, 6.45) is -2.07. The molecule has 0 spiro atoms. The fraction of sp³-hybridized carbons (Fsp3) is 0.250. The molecule has 1 aromatic rings. The predicted octanol–water partition coefficient (Wildman–Crippen LogP) is 2.87. The minimum Gasteiger partial charge on any atom is -0.497 e. The van der Waals surface area contributed by atoms with Crippen molar-refractivity contribution in [1.82, 2.24) is 0 Å². The summed E-state index contributed by atoms with van der Waals surface area (Å²) in [7, 11) is 1.42. The van der Waals surface area contributed by atoms with Gasteiger partial charge in [-0.2, -0.15) is 8.78 Å². The average molecular weight is 242 g/mol. The highest BCUT2D eigenvalue weighted by molar-refractivity contribution is 6.16. The molecular weight excluding hydrogens is 230 g/mol. The van der Waals surface area contributed by atoms with Gasteiger partial charge in [0, 0.05) is 0 Å². The van der Waals surface area contributed by atoms with Crippen molar-refractivity contribution >= 4 is 11.5 Å². The molecule has 92 valence electrons. The maximum absolute atomic E-state index is 12.7. The van der Waals surface area contributed by atoms with E-state index in [1.807, 2.05) is 0 Å². The van der Waals surface area contributed by atoms with Crippen molar-refractivity contribution in [2.75, 3.05) is 13.7 Å². The van der Waals surface area contributed by atoms with Gasteiger partial charge in [-0.1, -0.05) is 12.1 Å². The number of methoxy groups -OCH3 is 1. The van der Waals surface area contributed by atoms with Crippen molar-refractivity contribution < 1.29 is 23.0 Å². The van der Waals surface area contributed by atoms with Crippen molar-refractivity contribution in [3.63, 3.8) is 0 Å². The summed E-state index contributed by atoms with van der Waals surface area (Å²) in [5.74, 6) is -0.647. The Morgan fingerprint density at radius 1 is 1.35 bits per heavy atom. The molecule has 0 aliphatic rings. The summed E-state index contributed by atoms with van der Waals surface area (Å²) in [6.45, 7) is 1.59. The molecule has 0 N–H and O–H groups in total. The van der Waals surface area contributed by atoms with Gasteiger partial charge in [0.25, 0.3) is 6.08 Å². The monoisotopic (exact) mass is 242 g/mol. The molecule has 0 saturated heterocycles. The van der Waals surface area contributed by atoms with Gasteiger partial charge in [0.1, 0.15) is 11.3 Å².